The Hall–Kier alpha value is -1.08. The minimum absolute atomic E-state index is 0.141. The van der Waals surface area contributed by atoms with Crippen LogP contribution in [0.15, 0.2) is 47.1 Å². The summed E-state index contributed by atoms with van der Waals surface area (Å²) in [5.41, 5.74) is 5.28. The Kier molecular flexibility index (Phi) is 5.28. The van der Waals surface area contributed by atoms with E-state index in [-0.39, 0.29) is 11.5 Å². The van der Waals surface area contributed by atoms with E-state index in [1.54, 1.807) is 11.1 Å². The van der Waals surface area contributed by atoms with Crippen molar-refractivity contribution in [3.8, 4) is 0 Å². The average Bonchev–Trinajstić information content (AvgIpc) is 2.99. The van der Waals surface area contributed by atoms with Crippen LogP contribution in [-0.4, -0.2) is 11.2 Å². The van der Waals surface area contributed by atoms with Crippen LogP contribution in [0, 0.1) is 34.5 Å². The van der Waals surface area contributed by atoms with Gasteiger partial charge in [0.15, 0.2) is 0 Å². The topological polar surface area (TPSA) is 20.2 Å². The van der Waals surface area contributed by atoms with Crippen LogP contribution in [0.3, 0.4) is 0 Å². The van der Waals surface area contributed by atoms with Gasteiger partial charge in [-0.3, -0.25) is 0 Å². The fraction of sp³-hybridized carbons (Fsp3) is 0.704. The maximum absolute atomic E-state index is 10.2. The molecule has 0 amide bonds. The molecule has 0 spiro atoms. The predicted octanol–water partition coefficient (Wildman–Crippen LogP) is 7.00. The molecule has 0 aliphatic heterocycles. The van der Waals surface area contributed by atoms with Gasteiger partial charge in [-0.05, 0) is 85.2 Å². The second-order valence-electron chi connectivity index (χ2n) is 11.0. The summed E-state index contributed by atoms with van der Waals surface area (Å²) in [5, 5.41) is 10.2. The molecule has 4 rings (SSSR count). The molecule has 6 atom stereocenters. The van der Waals surface area contributed by atoms with E-state index in [0.717, 1.165) is 31.1 Å². The number of allylic oxidation sites excluding steroid dienone is 7. The van der Waals surface area contributed by atoms with Crippen LogP contribution >= 0.6 is 0 Å². The molecule has 0 aromatic rings. The standard InChI is InChI=1S/C27H40O/c1-18(2)7-6-8-19(3)23-11-12-24-22-10-9-20-17-21(28)13-15-26(20,4)25(22)14-16-27(23,24)5/h6,8-10,14,18-19,21,23-24,28H,7,11-13,15-17H2,1-5H3/b8-6+/t19-,21+,23-,24+,26+,27-/m1/s1. The Morgan fingerprint density at radius 1 is 1.14 bits per heavy atom. The molecule has 0 bridgehead atoms. The molecule has 4 aliphatic carbocycles. The zero-order valence-corrected chi connectivity index (χ0v) is 18.7. The van der Waals surface area contributed by atoms with E-state index >= 15 is 0 Å². The number of aliphatic hydroxyl groups excluding tert-OH is 1. The Morgan fingerprint density at radius 3 is 2.68 bits per heavy atom. The van der Waals surface area contributed by atoms with Gasteiger partial charge in [-0.15, -0.1) is 0 Å². The summed E-state index contributed by atoms with van der Waals surface area (Å²) in [7, 11) is 0. The third-order valence-corrected chi connectivity index (χ3v) is 8.72. The van der Waals surface area contributed by atoms with Gasteiger partial charge in [-0.1, -0.05) is 70.6 Å². The smallest absolute Gasteiger partial charge is 0.0578 e. The maximum Gasteiger partial charge on any atom is 0.0578 e. The summed E-state index contributed by atoms with van der Waals surface area (Å²) in [5.74, 6) is 2.91. The summed E-state index contributed by atoms with van der Waals surface area (Å²) >= 11 is 0. The lowest BCUT2D eigenvalue weighted by Crippen LogP contribution is -2.41. The molecule has 0 saturated heterocycles. The van der Waals surface area contributed by atoms with Crippen LogP contribution in [0.1, 0.15) is 79.6 Å². The highest BCUT2D eigenvalue weighted by Crippen LogP contribution is 2.63. The van der Waals surface area contributed by atoms with E-state index in [0.29, 0.717) is 17.3 Å². The molecule has 0 unspecified atom stereocenters. The van der Waals surface area contributed by atoms with Gasteiger partial charge in [0.2, 0.25) is 0 Å². The minimum Gasteiger partial charge on any atom is -0.393 e. The lowest BCUT2D eigenvalue weighted by molar-refractivity contribution is 0.114. The number of hydrogen-bond donors (Lipinski definition) is 1. The van der Waals surface area contributed by atoms with Crippen molar-refractivity contribution in [2.75, 3.05) is 0 Å². The summed E-state index contributed by atoms with van der Waals surface area (Å²) in [6, 6.07) is 0. The SMILES string of the molecule is CC(C)C/C=C/[C@@H](C)[C@H]1CC[C@H]2C3=CC=C4C[C@@H](O)CC[C@]4(C)C3=CC[C@]12C. The molecule has 28 heavy (non-hydrogen) atoms. The number of aliphatic hydroxyl groups is 1. The number of hydrogen-bond acceptors (Lipinski definition) is 1. The number of fused-ring (bicyclic) bond motifs is 5. The Labute approximate surface area is 172 Å². The van der Waals surface area contributed by atoms with Crippen molar-refractivity contribution in [2.45, 2.75) is 85.7 Å². The first kappa shape index (κ1) is 20.2. The quantitative estimate of drug-likeness (QED) is 0.520. The first-order valence-electron chi connectivity index (χ1n) is 11.7. The summed E-state index contributed by atoms with van der Waals surface area (Å²) in [4.78, 5) is 0. The molecular weight excluding hydrogens is 340 g/mol. The van der Waals surface area contributed by atoms with E-state index in [2.05, 4.69) is 65.0 Å². The largest absolute Gasteiger partial charge is 0.393 e. The molecule has 4 aliphatic rings. The highest BCUT2D eigenvalue weighted by molar-refractivity contribution is 5.53. The van der Waals surface area contributed by atoms with E-state index in [4.69, 9.17) is 0 Å². The van der Waals surface area contributed by atoms with Crippen LogP contribution in [0.25, 0.3) is 0 Å². The van der Waals surface area contributed by atoms with Crippen LogP contribution in [0.5, 0.6) is 0 Å². The van der Waals surface area contributed by atoms with Crippen molar-refractivity contribution in [1.29, 1.82) is 0 Å². The van der Waals surface area contributed by atoms with Crippen LogP contribution in [0.2, 0.25) is 0 Å². The van der Waals surface area contributed by atoms with Crippen molar-refractivity contribution < 1.29 is 5.11 Å². The molecule has 1 heteroatoms. The second kappa shape index (κ2) is 7.31. The molecule has 2 saturated carbocycles. The van der Waals surface area contributed by atoms with Crippen LogP contribution < -0.4 is 0 Å². The van der Waals surface area contributed by atoms with Gasteiger partial charge in [0.25, 0.3) is 0 Å². The van der Waals surface area contributed by atoms with Crippen molar-refractivity contribution in [3.63, 3.8) is 0 Å². The monoisotopic (exact) mass is 380 g/mol. The van der Waals surface area contributed by atoms with Gasteiger partial charge in [-0.2, -0.15) is 0 Å². The van der Waals surface area contributed by atoms with Gasteiger partial charge in [0, 0.05) is 5.41 Å². The van der Waals surface area contributed by atoms with Crippen molar-refractivity contribution in [3.05, 3.63) is 47.1 Å². The van der Waals surface area contributed by atoms with Gasteiger partial charge >= 0.3 is 0 Å². The minimum atomic E-state index is -0.141. The first-order valence-corrected chi connectivity index (χ1v) is 11.7. The van der Waals surface area contributed by atoms with Gasteiger partial charge in [0.1, 0.15) is 0 Å². The molecule has 154 valence electrons. The van der Waals surface area contributed by atoms with Crippen LogP contribution in [0.4, 0.5) is 0 Å². The second-order valence-corrected chi connectivity index (χ2v) is 11.0. The molecular formula is C27H40O. The van der Waals surface area contributed by atoms with Gasteiger partial charge < -0.3 is 5.11 Å². The number of rotatable bonds is 4. The zero-order chi connectivity index (χ0) is 20.1. The summed E-state index contributed by atoms with van der Waals surface area (Å²) in [6.07, 6.45) is 20.2. The molecule has 1 nitrogen and oxygen atoms in total. The van der Waals surface area contributed by atoms with E-state index in [9.17, 15) is 5.11 Å². The molecule has 0 radical (unpaired) electrons. The fourth-order valence-electron chi connectivity index (χ4n) is 6.96. The van der Waals surface area contributed by atoms with Gasteiger partial charge in [0.05, 0.1) is 6.10 Å². The van der Waals surface area contributed by atoms with Crippen molar-refractivity contribution in [1.82, 2.24) is 0 Å². The average molecular weight is 381 g/mol. The maximum atomic E-state index is 10.2. The van der Waals surface area contributed by atoms with Gasteiger partial charge in [-0.25, -0.2) is 0 Å². The Bertz CT molecular complexity index is 735. The highest BCUT2D eigenvalue weighted by atomic mass is 16.3. The van der Waals surface area contributed by atoms with E-state index in [1.165, 1.54) is 31.3 Å². The molecule has 2 fully saturated rings. The summed E-state index contributed by atoms with van der Waals surface area (Å²) in [6.45, 7) is 12.1. The summed E-state index contributed by atoms with van der Waals surface area (Å²) < 4.78 is 0. The molecule has 0 aromatic carbocycles. The lowest BCUT2D eigenvalue weighted by Gasteiger charge is -2.50. The van der Waals surface area contributed by atoms with E-state index in [1.807, 2.05) is 0 Å². The molecule has 0 heterocycles. The first-order chi connectivity index (χ1) is 13.3. The Balaban J connectivity index is 1.61. The third kappa shape index (κ3) is 3.18. The molecule has 1 N–H and O–H groups in total. The third-order valence-electron chi connectivity index (χ3n) is 8.72. The Morgan fingerprint density at radius 2 is 1.93 bits per heavy atom. The van der Waals surface area contributed by atoms with Crippen molar-refractivity contribution in [2.24, 2.45) is 34.5 Å². The zero-order valence-electron chi connectivity index (χ0n) is 18.7. The van der Waals surface area contributed by atoms with E-state index < -0.39 is 0 Å². The molecule has 0 aromatic heterocycles. The van der Waals surface area contributed by atoms with Crippen molar-refractivity contribution >= 4 is 0 Å². The fourth-order valence-corrected chi connectivity index (χ4v) is 6.96. The normalized spacial score (nSPS) is 41.1. The van der Waals surface area contributed by atoms with Crippen LogP contribution in [-0.2, 0) is 0 Å². The predicted molar refractivity (Wildman–Crippen MR) is 119 cm³/mol. The lowest BCUT2D eigenvalue weighted by atomic mass is 9.54. The highest BCUT2D eigenvalue weighted by Gasteiger charge is 2.53.